The van der Waals surface area contributed by atoms with E-state index in [1.165, 1.54) is 12.8 Å². The zero-order valence-electron chi connectivity index (χ0n) is 41.1. The molecule has 0 aromatic heterocycles. The quantitative estimate of drug-likeness (QED) is 0.0197. The first-order chi connectivity index (χ1) is 32.2. The molecule has 0 saturated carbocycles. The van der Waals surface area contributed by atoms with Crippen LogP contribution >= 0.6 is 7.82 Å². The number of carbonyl (C=O) groups excluding carboxylic acids is 3. The number of esters is 3. The summed E-state index contributed by atoms with van der Waals surface area (Å²) in [6.45, 7) is 4.25. The van der Waals surface area contributed by atoms with Crippen molar-refractivity contribution in [1.82, 2.24) is 0 Å². The Hall–Kier alpha value is -3.60. The second kappa shape index (κ2) is 47.9. The number of unbranched alkanes of at least 4 members (excludes halogenated alkanes) is 13. The van der Waals surface area contributed by atoms with Crippen LogP contribution in [0.4, 0.5) is 0 Å². The van der Waals surface area contributed by atoms with E-state index < -0.39 is 57.8 Å². The third-order valence-corrected chi connectivity index (χ3v) is 10.9. The molecule has 0 amide bonds. The summed E-state index contributed by atoms with van der Waals surface area (Å²) in [7, 11) is -4.77. The van der Waals surface area contributed by atoms with E-state index in [1.54, 1.807) is 6.08 Å². The lowest BCUT2D eigenvalue weighted by Gasteiger charge is -2.21. The van der Waals surface area contributed by atoms with Crippen LogP contribution < -0.4 is 0 Å². The number of phosphoric ester groups is 1. The van der Waals surface area contributed by atoms with E-state index >= 15 is 0 Å². The van der Waals surface area contributed by atoms with Crippen molar-refractivity contribution in [3.05, 3.63) is 97.2 Å². The van der Waals surface area contributed by atoms with Crippen LogP contribution in [0.25, 0.3) is 0 Å². The zero-order chi connectivity index (χ0) is 48.4. The number of hydrogen-bond donors (Lipinski definition) is 2. The van der Waals surface area contributed by atoms with Gasteiger partial charge in [-0.05, 0) is 89.9 Å². The van der Waals surface area contributed by atoms with Crippen LogP contribution in [-0.2, 0) is 42.2 Å². The van der Waals surface area contributed by atoms with Crippen molar-refractivity contribution in [1.29, 1.82) is 0 Å². The molecule has 0 aliphatic carbocycles. The standard InChI is InChI=1S/C54H89O11P/c1-4-7-10-13-16-19-22-24-25-27-30-33-36-39-42-45-54(58)65-51(47-61-52(56)43-40-37-34-31-28-21-18-15-12-9-6-3)49-63-66(59,60)62-48-50(46-55)64-53(57)44-41-38-35-32-29-26-23-20-17-14-11-8-5-2/h7,10-11,14-16,18-20,23-25,30,33,39,42,50-51,55H,4-6,8-9,12-13,17,21-22,26-29,31-32,34-38,40-41,43-49H2,1-3H3,(H,59,60)/b10-7-,14-11-,18-15-,19-16-,23-20-,25-24-,33-30-,42-39-. The van der Waals surface area contributed by atoms with Crippen molar-refractivity contribution < 1.29 is 52.2 Å². The zero-order valence-corrected chi connectivity index (χ0v) is 42.0. The van der Waals surface area contributed by atoms with Crippen molar-refractivity contribution in [2.24, 2.45) is 0 Å². The largest absolute Gasteiger partial charge is 0.472 e. The molecular weight excluding hydrogens is 856 g/mol. The predicted molar refractivity (Wildman–Crippen MR) is 270 cm³/mol. The molecule has 0 aliphatic heterocycles. The summed E-state index contributed by atoms with van der Waals surface area (Å²) < 4.78 is 39.1. The first-order valence-electron chi connectivity index (χ1n) is 25.1. The Morgan fingerprint density at radius 2 is 0.879 bits per heavy atom. The average molecular weight is 945 g/mol. The van der Waals surface area contributed by atoms with Gasteiger partial charge in [-0.25, -0.2) is 4.57 Å². The highest BCUT2D eigenvalue weighted by molar-refractivity contribution is 7.47. The van der Waals surface area contributed by atoms with Gasteiger partial charge in [0.05, 0.1) is 26.2 Å². The van der Waals surface area contributed by atoms with Crippen molar-refractivity contribution >= 4 is 25.7 Å². The molecule has 0 aromatic rings. The molecule has 376 valence electrons. The van der Waals surface area contributed by atoms with E-state index in [4.69, 9.17) is 23.3 Å². The van der Waals surface area contributed by atoms with Crippen LogP contribution in [0.3, 0.4) is 0 Å². The first-order valence-corrected chi connectivity index (χ1v) is 26.6. The maximum absolute atomic E-state index is 12.8. The third kappa shape index (κ3) is 45.6. The molecule has 0 radical (unpaired) electrons. The number of carbonyl (C=O) groups is 3. The second-order valence-electron chi connectivity index (χ2n) is 16.3. The van der Waals surface area contributed by atoms with E-state index in [1.807, 2.05) is 18.2 Å². The fourth-order valence-corrected chi connectivity index (χ4v) is 6.94. The minimum atomic E-state index is -4.77. The highest BCUT2D eigenvalue weighted by Crippen LogP contribution is 2.43. The lowest BCUT2D eigenvalue weighted by atomic mass is 10.1. The van der Waals surface area contributed by atoms with E-state index in [2.05, 4.69) is 93.7 Å². The average Bonchev–Trinajstić information content (AvgIpc) is 3.30. The Morgan fingerprint density at radius 1 is 0.455 bits per heavy atom. The second-order valence-corrected chi connectivity index (χ2v) is 17.7. The monoisotopic (exact) mass is 945 g/mol. The predicted octanol–water partition coefficient (Wildman–Crippen LogP) is 14.1. The van der Waals surface area contributed by atoms with Crippen molar-refractivity contribution in [2.45, 2.75) is 200 Å². The fraction of sp³-hybridized carbons (Fsp3) is 0.648. The highest BCUT2D eigenvalue weighted by Gasteiger charge is 2.28. The van der Waals surface area contributed by atoms with Gasteiger partial charge in [-0.1, -0.05) is 176 Å². The number of aliphatic hydroxyl groups excluding tert-OH is 1. The smallest absolute Gasteiger partial charge is 0.462 e. The summed E-state index contributed by atoms with van der Waals surface area (Å²) in [6.07, 6.45) is 54.1. The lowest BCUT2D eigenvalue weighted by molar-refractivity contribution is -0.160. The van der Waals surface area contributed by atoms with E-state index in [0.29, 0.717) is 19.3 Å². The normalized spacial score (nSPS) is 14.3. The maximum Gasteiger partial charge on any atom is 0.472 e. The van der Waals surface area contributed by atoms with Gasteiger partial charge in [-0.15, -0.1) is 0 Å². The molecule has 2 N–H and O–H groups in total. The Bertz CT molecular complexity index is 1480. The highest BCUT2D eigenvalue weighted by atomic mass is 31.2. The molecule has 0 heterocycles. The molecule has 0 fully saturated rings. The minimum absolute atomic E-state index is 0.0710. The summed E-state index contributed by atoms with van der Waals surface area (Å²) in [5.74, 6) is -1.66. The number of hydrogen-bond acceptors (Lipinski definition) is 10. The molecule has 3 unspecified atom stereocenters. The van der Waals surface area contributed by atoms with Gasteiger partial charge in [-0.2, -0.15) is 0 Å². The summed E-state index contributed by atoms with van der Waals surface area (Å²) in [4.78, 5) is 48.1. The van der Waals surface area contributed by atoms with Gasteiger partial charge in [0, 0.05) is 12.8 Å². The molecule has 12 heteroatoms. The molecule has 0 spiro atoms. The van der Waals surface area contributed by atoms with Crippen LogP contribution in [0.2, 0.25) is 0 Å². The van der Waals surface area contributed by atoms with Crippen LogP contribution in [0.15, 0.2) is 97.2 Å². The van der Waals surface area contributed by atoms with Crippen LogP contribution in [0.1, 0.15) is 188 Å². The van der Waals surface area contributed by atoms with Crippen molar-refractivity contribution in [3.63, 3.8) is 0 Å². The number of allylic oxidation sites excluding steroid dienone is 15. The SMILES string of the molecule is CC/C=C\C/C=C\C/C=C\C/C=C\C/C=C\CC(=O)OC(COC(=O)CCCCCCC/C=C\CCCC)COP(=O)(O)OCC(CO)OC(=O)CCCCCCC/C=C\C/C=C\CCC. The minimum Gasteiger partial charge on any atom is -0.462 e. The molecule has 66 heavy (non-hydrogen) atoms. The van der Waals surface area contributed by atoms with E-state index in [-0.39, 0.29) is 25.9 Å². The van der Waals surface area contributed by atoms with Crippen LogP contribution in [-0.4, -0.2) is 66.5 Å². The topological polar surface area (TPSA) is 155 Å². The molecule has 0 bridgehead atoms. The van der Waals surface area contributed by atoms with Crippen LogP contribution in [0.5, 0.6) is 0 Å². The van der Waals surface area contributed by atoms with Crippen molar-refractivity contribution in [2.75, 3.05) is 26.4 Å². The Labute approximate surface area is 400 Å². The molecule has 3 atom stereocenters. The van der Waals surface area contributed by atoms with Crippen LogP contribution in [0, 0.1) is 0 Å². The van der Waals surface area contributed by atoms with Gasteiger partial charge < -0.3 is 24.2 Å². The Morgan fingerprint density at radius 3 is 1.41 bits per heavy atom. The molecule has 0 aromatic carbocycles. The van der Waals surface area contributed by atoms with Gasteiger partial charge in [-0.3, -0.25) is 23.4 Å². The maximum atomic E-state index is 12.8. The number of phosphoric acid groups is 1. The van der Waals surface area contributed by atoms with E-state index in [9.17, 15) is 28.9 Å². The number of ether oxygens (including phenoxy) is 3. The van der Waals surface area contributed by atoms with Gasteiger partial charge in [0.15, 0.2) is 6.10 Å². The third-order valence-electron chi connectivity index (χ3n) is 9.97. The summed E-state index contributed by atoms with van der Waals surface area (Å²) in [5, 5.41) is 9.76. The van der Waals surface area contributed by atoms with Gasteiger partial charge >= 0.3 is 25.7 Å². The number of aliphatic hydroxyl groups is 1. The Balaban J connectivity index is 4.89. The summed E-state index contributed by atoms with van der Waals surface area (Å²) in [6, 6.07) is 0. The molecule has 0 saturated heterocycles. The lowest BCUT2D eigenvalue weighted by Crippen LogP contribution is -2.30. The van der Waals surface area contributed by atoms with Gasteiger partial charge in [0.2, 0.25) is 0 Å². The number of rotatable bonds is 45. The molecule has 11 nitrogen and oxygen atoms in total. The summed E-state index contributed by atoms with van der Waals surface area (Å²) in [5.41, 5.74) is 0. The first kappa shape index (κ1) is 62.4. The molecule has 0 aliphatic rings. The molecular formula is C54H89O11P. The summed E-state index contributed by atoms with van der Waals surface area (Å²) >= 11 is 0. The van der Waals surface area contributed by atoms with Gasteiger partial charge in [0.1, 0.15) is 12.7 Å². The fourth-order valence-electron chi connectivity index (χ4n) is 6.15. The van der Waals surface area contributed by atoms with E-state index in [0.717, 1.165) is 116 Å². The molecule has 0 rings (SSSR count). The Kier molecular flexibility index (Phi) is 45.3. The van der Waals surface area contributed by atoms with Gasteiger partial charge in [0.25, 0.3) is 0 Å². The van der Waals surface area contributed by atoms with Crippen molar-refractivity contribution in [3.8, 4) is 0 Å².